The third kappa shape index (κ3) is 4.02. The standard InChI is InChI=1S/C16H19ClN4O3S/c1-24-14-3-2-12(17)10-15(14)25(22,23)21-8-5-13(6-9-21)20-16-4-7-18-11-19-16/h2-4,7,10-11,13H,5-6,8-9H2,1H3,(H,18,19,20). The summed E-state index contributed by atoms with van der Waals surface area (Å²) < 4.78 is 32.5. The highest BCUT2D eigenvalue weighted by Crippen LogP contribution is 2.31. The van der Waals surface area contributed by atoms with Crippen LogP contribution in [0.5, 0.6) is 5.75 Å². The first-order valence-electron chi connectivity index (χ1n) is 7.87. The van der Waals surface area contributed by atoms with Crippen LogP contribution in [0, 0.1) is 0 Å². The zero-order valence-electron chi connectivity index (χ0n) is 13.7. The van der Waals surface area contributed by atoms with Crippen LogP contribution in [0.15, 0.2) is 41.7 Å². The average molecular weight is 383 g/mol. The number of anilines is 1. The van der Waals surface area contributed by atoms with Crippen LogP contribution in [0.4, 0.5) is 5.82 Å². The summed E-state index contributed by atoms with van der Waals surface area (Å²) in [6, 6.07) is 6.57. The van der Waals surface area contributed by atoms with Crippen molar-refractivity contribution in [3.63, 3.8) is 0 Å². The second kappa shape index (κ2) is 7.55. The quantitative estimate of drug-likeness (QED) is 0.854. The van der Waals surface area contributed by atoms with Gasteiger partial charge in [-0.25, -0.2) is 18.4 Å². The molecule has 0 saturated carbocycles. The molecule has 3 rings (SSSR count). The van der Waals surface area contributed by atoms with Gasteiger partial charge in [0.2, 0.25) is 10.0 Å². The van der Waals surface area contributed by atoms with E-state index in [9.17, 15) is 8.42 Å². The Hall–Kier alpha value is -1.90. The van der Waals surface area contributed by atoms with Gasteiger partial charge in [0.05, 0.1) is 7.11 Å². The summed E-state index contributed by atoms with van der Waals surface area (Å²) in [4.78, 5) is 8.12. The first-order chi connectivity index (χ1) is 12.0. The SMILES string of the molecule is COc1ccc(Cl)cc1S(=O)(=O)N1CCC(Nc2ccncn2)CC1. The Morgan fingerprint density at radius 1 is 1.28 bits per heavy atom. The highest BCUT2D eigenvalue weighted by Gasteiger charge is 2.31. The van der Waals surface area contributed by atoms with Gasteiger partial charge in [-0.15, -0.1) is 0 Å². The molecule has 1 fully saturated rings. The zero-order valence-corrected chi connectivity index (χ0v) is 15.3. The lowest BCUT2D eigenvalue weighted by Crippen LogP contribution is -2.42. The fraction of sp³-hybridized carbons (Fsp3) is 0.375. The Bertz CT molecular complexity index is 825. The fourth-order valence-corrected chi connectivity index (χ4v) is 4.70. The number of halogens is 1. The topological polar surface area (TPSA) is 84.4 Å². The summed E-state index contributed by atoms with van der Waals surface area (Å²) in [7, 11) is -2.21. The van der Waals surface area contributed by atoms with Crippen molar-refractivity contribution in [3.05, 3.63) is 41.8 Å². The molecular formula is C16H19ClN4O3S. The van der Waals surface area contributed by atoms with E-state index in [0.717, 1.165) is 5.82 Å². The third-order valence-electron chi connectivity index (χ3n) is 4.13. The van der Waals surface area contributed by atoms with Gasteiger partial charge in [0.15, 0.2) is 0 Å². The summed E-state index contributed by atoms with van der Waals surface area (Å²) in [5.74, 6) is 1.04. The summed E-state index contributed by atoms with van der Waals surface area (Å²) in [6.45, 7) is 0.835. The molecule has 0 spiro atoms. The second-order valence-corrected chi connectivity index (χ2v) is 8.06. The lowest BCUT2D eigenvalue weighted by Gasteiger charge is -2.32. The molecule has 1 N–H and O–H groups in total. The van der Waals surface area contributed by atoms with E-state index in [-0.39, 0.29) is 10.9 Å². The van der Waals surface area contributed by atoms with Crippen molar-refractivity contribution in [3.8, 4) is 5.75 Å². The number of sulfonamides is 1. The molecule has 25 heavy (non-hydrogen) atoms. The van der Waals surface area contributed by atoms with Crippen LogP contribution in [0.1, 0.15) is 12.8 Å². The van der Waals surface area contributed by atoms with Crippen molar-refractivity contribution in [1.82, 2.24) is 14.3 Å². The molecule has 1 aliphatic rings. The first kappa shape index (κ1) is 17.9. The van der Waals surface area contributed by atoms with Crippen molar-refractivity contribution in [2.75, 3.05) is 25.5 Å². The monoisotopic (exact) mass is 382 g/mol. The number of ether oxygens (including phenoxy) is 1. The molecule has 0 radical (unpaired) electrons. The largest absolute Gasteiger partial charge is 0.495 e. The summed E-state index contributed by atoms with van der Waals surface area (Å²) in [5.41, 5.74) is 0. The highest BCUT2D eigenvalue weighted by molar-refractivity contribution is 7.89. The van der Waals surface area contributed by atoms with Crippen molar-refractivity contribution in [2.24, 2.45) is 0 Å². The lowest BCUT2D eigenvalue weighted by molar-refractivity contribution is 0.327. The van der Waals surface area contributed by atoms with Gasteiger partial charge < -0.3 is 10.1 Å². The van der Waals surface area contributed by atoms with Gasteiger partial charge in [-0.2, -0.15) is 4.31 Å². The molecule has 0 amide bonds. The van der Waals surface area contributed by atoms with Gasteiger partial charge in [0.1, 0.15) is 22.8 Å². The van der Waals surface area contributed by atoms with Crippen molar-refractivity contribution < 1.29 is 13.2 Å². The van der Waals surface area contributed by atoms with E-state index in [1.807, 2.05) is 0 Å². The van der Waals surface area contributed by atoms with Crippen LogP contribution in [0.25, 0.3) is 0 Å². The van der Waals surface area contributed by atoms with E-state index in [1.165, 1.54) is 23.8 Å². The number of rotatable bonds is 5. The van der Waals surface area contributed by atoms with Gasteiger partial charge in [0, 0.05) is 30.4 Å². The molecule has 9 heteroatoms. The first-order valence-corrected chi connectivity index (χ1v) is 9.69. The fourth-order valence-electron chi connectivity index (χ4n) is 2.82. The molecule has 0 aliphatic carbocycles. The molecule has 1 aromatic carbocycles. The van der Waals surface area contributed by atoms with Crippen LogP contribution < -0.4 is 10.1 Å². The van der Waals surface area contributed by atoms with Crippen LogP contribution in [-0.4, -0.2) is 48.9 Å². The molecule has 0 bridgehead atoms. The number of hydrogen-bond donors (Lipinski definition) is 1. The van der Waals surface area contributed by atoms with E-state index in [2.05, 4.69) is 15.3 Å². The van der Waals surface area contributed by atoms with Gasteiger partial charge in [-0.1, -0.05) is 11.6 Å². The number of methoxy groups -OCH3 is 1. The van der Waals surface area contributed by atoms with Crippen LogP contribution in [-0.2, 0) is 10.0 Å². The predicted octanol–water partition coefficient (Wildman–Crippen LogP) is 2.40. The van der Waals surface area contributed by atoms with E-state index < -0.39 is 10.0 Å². The van der Waals surface area contributed by atoms with Gasteiger partial charge in [-0.05, 0) is 37.1 Å². The molecule has 0 atom stereocenters. The highest BCUT2D eigenvalue weighted by atomic mass is 35.5. The van der Waals surface area contributed by atoms with Crippen LogP contribution in [0.2, 0.25) is 5.02 Å². The molecule has 1 aromatic heterocycles. The normalized spacial score (nSPS) is 16.6. The number of aromatic nitrogens is 2. The second-order valence-electron chi connectivity index (χ2n) is 5.71. The molecule has 2 aromatic rings. The number of piperidine rings is 1. The van der Waals surface area contributed by atoms with Gasteiger partial charge in [0.25, 0.3) is 0 Å². The lowest BCUT2D eigenvalue weighted by atomic mass is 10.1. The summed E-state index contributed by atoms with van der Waals surface area (Å²) >= 11 is 5.97. The number of nitrogens with zero attached hydrogens (tertiary/aromatic N) is 3. The minimum atomic E-state index is -3.65. The Kier molecular flexibility index (Phi) is 5.41. The van der Waals surface area contributed by atoms with Crippen LogP contribution in [0.3, 0.4) is 0 Å². The van der Waals surface area contributed by atoms with Crippen molar-refractivity contribution in [1.29, 1.82) is 0 Å². The molecule has 134 valence electrons. The smallest absolute Gasteiger partial charge is 0.246 e. The molecule has 1 saturated heterocycles. The number of nitrogens with one attached hydrogen (secondary N) is 1. The molecule has 7 nitrogen and oxygen atoms in total. The Morgan fingerprint density at radius 3 is 2.68 bits per heavy atom. The van der Waals surface area contributed by atoms with E-state index in [1.54, 1.807) is 24.4 Å². The maximum absolute atomic E-state index is 12.9. The zero-order chi connectivity index (χ0) is 17.9. The summed E-state index contributed by atoms with van der Waals surface area (Å²) in [5, 5.41) is 3.67. The van der Waals surface area contributed by atoms with Crippen LogP contribution >= 0.6 is 11.6 Å². The Morgan fingerprint density at radius 2 is 2.04 bits per heavy atom. The number of benzene rings is 1. The molecule has 2 heterocycles. The molecular weight excluding hydrogens is 364 g/mol. The van der Waals surface area contributed by atoms with Crippen molar-refractivity contribution in [2.45, 2.75) is 23.8 Å². The predicted molar refractivity (Wildman–Crippen MR) is 95.4 cm³/mol. The van der Waals surface area contributed by atoms with Gasteiger partial charge >= 0.3 is 0 Å². The molecule has 1 aliphatic heterocycles. The maximum atomic E-state index is 12.9. The van der Waals surface area contributed by atoms with E-state index in [4.69, 9.17) is 16.3 Å². The van der Waals surface area contributed by atoms with Crippen molar-refractivity contribution >= 4 is 27.4 Å². The third-order valence-corrected chi connectivity index (χ3v) is 6.29. The van der Waals surface area contributed by atoms with E-state index >= 15 is 0 Å². The summed E-state index contributed by atoms with van der Waals surface area (Å²) in [6.07, 6.45) is 4.52. The Labute approximate surface area is 152 Å². The van der Waals surface area contributed by atoms with Gasteiger partial charge in [-0.3, -0.25) is 0 Å². The van der Waals surface area contributed by atoms with E-state index in [0.29, 0.717) is 36.7 Å². The minimum Gasteiger partial charge on any atom is -0.495 e. The maximum Gasteiger partial charge on any atom is 0.246 e. The minimum absolute atomic E-state index is 0.102. The molecule has 0 unspecified atom stereocenters. The Balaban J connectivity index is 1.71. The number of hydrogen-bond acceptors (Lipinski definition) is 6. The average Bonchev–Trinajstić information content (AvgIpc) is 2.63.